The van der Waals surface area contributed by atoms with Crippen LogP contribution in [0.5, 0.6) is 0 Å². The zero-order valence-corrected chi connectivity index (χ0v) is 11.6. The molecule has 0 aromatic carbocycles. The van der Waals surface area contributed by atoms with E-state index in [9.17, 15) is 0 Å². The van der Waals surface area contributed by atoms with Crippen molar-refractivity contribution in [3.63, 3.8) is 0 Å². The first-order valence-electron chi connectivity index (χ1n) is 6.47. The zero-order chi connectivity index (χ0) is 12.6. The van der Waals surface area contributed by atoms with Crippen molar-refractivity contribution in [1.82, 2.24) is 20.0 Å². The molecule has 1 aromatic heterocycles. The molecule has 4 heteroatoms. The highest BCUT2D eigenvalue weighted by molar-refractivity contribution is 5.25. The van der Waals surface area contributed by atoms with Crippen LogP contribution in [0.15, 0.2) is 0 Å². The Bertz CT molecular complexity index is 388. The third-order valence-corrected chi connectivity index (χ3v) is 3.80. The standard InChI is InChI=1S/C13H24N4/c1-9(2)16-7-12(8-16)17-11(4)13(6-14-5)10(3)15-17/h9,12,14H,6-8H2,1-5H3. The van der Waals surface area contributed by atoms with Crippen molar-refractivity contribution >= 4 is 0 Å². The van der Waals surface area contributed by atoms with Gasteiger partial charge in [0.25, 0.3) is 0 Å². The number of rotatable bonds is 4. The predicted octanol–water partition coefficient (Wildman–Crippen LogP) is 1.48. The average Bonchev–Trinajstić information content (AvgIpc) is 2.44. The second-order valence-electron chi connectivity index (χ2n) is 5.33. The highest BCUT2D eigenvalue weighted by Crippen LogP contribution is 2.26. The maximum Gasteiger partial charge on any atom is 0.0776 e. The summed E-state index contributed by atoms with van der Waals surface area (Å²) in [7, 11) is 1.99. The normalized spacial score (nSPS) is 17.8. The van der Waals surface area contributed by atoms with Crippen LogP contribution in [0.1, 0.15) is 36.8 Å². The molecule has 0 aliphatic carbocycles. The number of nitrogens with zero attached hydrogens (tertiary/aromatic N) is 3. The van der Waals surface area contributed by atoms with Crippen LogP contribution in [-0.2, 0) is 6.54 Å². The summed E-state index contributed by atoms with van der Waals surface area (Å²) < 4.78 is 2.22. The molecule has 1 fully saturated rings. The van der Waals surface area contributed by atoms with Crippen molar-refractivity contribution in [2.24, 2.45) is 0 Å². The fourth-order valence-corrected chi connectivity index (χ4v) is 2.55. The third-order valence-electron chi connectivity index (χ3n) is 3.80. The number of nitrogens with one attached hydrogen (secondary N) is 1. The lowest BCUT2D eigenvalue weighted by atomic mass is 10.1. The van der Waals surface area contributed by atoms with Gasteiger partial charge in [0.2, 0.25) is 0 Å². The number of likely N-dealkylation sites (tertiary alicyclic amines) is 1. The number of aryl methyl sites for hydroxylation is 1. The first kappa shape index (κ1) is 12.6. The number of hydrogen-bond acceptors (Lipinski definition) is 3. The van der Waals surface area contributed by atoms with E-state index in [1.807, 2.05) is 7.05 Å². The lowest BCUT2D eigenvalue weighted by molar-refractivity contribution is 0.0661. The van der Waals surface area contributed by atoms with Crippen molar-refractivity contribution in [3.8, 4) is 0 Å². The van der Waals surface area contributed by atoms with Gasteiger partial charge < -0.3 is 5.32 Å². The van der Waals surface area contributed by atoms with Crippen molar-refractivity contribution in [1.29, 1.82) is 0 Å². The predicted molar refractivity (Wildman–Crippen MR) is 70.2 cm³/mol. The van der Waals surface area contributed by atoms with Crippen molar-refractivity contribution in [2.75, 3.05) is 20.1 Å². The lowest BCUT2D eigenvalue weighted by Gasteiger charge is -2.42. The SMILES string of the molecule is CNCc1c(C)nn(C2CN(C(C)C)C2)c1C. The maximum absolute atomic E-state index is 4.69. The molecule has 0 unspecified atom stereocenters. The van der Waals surface area contributed by atoms with Gasteiger partial charge in [-0.3, -0.25) is 9.58 Å². The Morgan fingerprint density at radius 2 is 2.00 bits per heavy atom. The van der Waals surface area contributed by atoms with E-state index in [0.29, 0.717) is 12.1 Å². The van der Waals surface area contributed by atoms with E-state index in [2.05, 4.69) is 42.6 Å². The lowest BCUT2D eigenvalue weighted by Crippen LogP contribution is -2.51. The van der Waals surface area contributed by atoms with E-state index in [-0.39, 0.29) is 0 Å². The molecule has 2 heterocycles. The van der Waals surface area contributed by atoms with Crippen LogP contribution in [-0.4, -0.2) is 40.9 Å². The molecular formula is C13H24N4. The molecule has 2 rings (SSSR count). The van der Waals surface area contributed by atoms with Gasteiger partial charge in [-0.15, -0.1) is 0 Å². The molecule has 1 N–H and O–H groups in total. The van der Waals surface area contributed by atoms with Crippen LogP contribution in [0, 0.1) is 13.8 Å². The molecule has 0 atom stereocenters. The van der Waals surface area contributed by atoms with E-state index in [1.165, 1.54) is 17.0 Å². The van der Waals surface area contributed by atoms with Gasteiger partial charge in [-0.05, 0) is 34.7 Å². The molecule has 1 saturated heterocycles. The van der Waals surface area contributed by atoms with Crippen LogP contribution < -0.4 is 5.32 Å². The Kier molecular flexibility index (Phi) is 3.54. The largest absolute Gasteiger partial charge is 0.316 e. The Labute approximate surface area is 104 Å². The van der Waals surface area contributed by atoms with Crippen LogP contribution in [0.4, 0.5) is 0 Å². The van der Waals surface area contributed by atoms with Crippen LogP contribution >= 0.6 is 0 Å². The second-order valence-corrected chi connectivity index (χ2v) is 5.33. The Balaban J connectivity index is 2.11. The molecule has 17 heavy (non-hydrogen) atoms. The van der Waals surface area contributed by atoms with Crippen molar-refractivity contribution < 1.29 is 0 Å². The highest BCUT2D eigenvalue weighted by atomic mass is 15.4. The van der Waals surface area contributed by atoms with Gasteiger partial charge in [-0.2, -0.15) is 5.10 Å². The first-order valence-corrected chi connectivity index (χ1v) is 6.47. The van der Waals surface area contributed by atoms with E-state index < -0.39 is 0 Å². The smallest absolute Gasteiger partial charge is 0.0776 e. The highest BCUT2D eigenvalue weighted by Gasteiger charge is 2.31. The summed E-state index contributed by atoms with van der Waals surface area (Å²) in [6.45, 7) is 12.0. The van der Waals surface area contributed by atoms with E-state index >= 15 is 0 Å². The molecule has 1 aliphatic heterocycles. The van der Waals surface area contributed by atoms with E-state index in [4.69, 9.17) is 5.10 Å². The van der Waals surface area contributed by atoms with Gasteiger partial charge in [-0.1, -0.05) is 0 Å². The fraction of sp³-hybridized carbons (Fsp3) is 0.769. The quantitative estimate of drug-likeness (QED) is 0.859. The molecule has 0 radical (unpaired) electrons. The summed E-state index contributed by atoms with van der Waals surface area (Å²) in [4.78, 5) is 2.48. The van der Waals surface area contributed by atoms with Crippen LogP contribution in [0.3, 0.4) is 0 Å². The molecule has 0 saturated carbocycles. The number of hydrogen-bond donors (Lipinski definition) is 1. The van der Waals surface area contributed by atoms with Gasteiger partial charge in [0.1, 0.15) is 0 Å². The molecular weight excluding hydrogens is 212 g/mol. The summed E-state index contributed by atoms with van der Waals surface area (Å²) in [5.74, 6) is 0. The molecule has 4 nitrogen and oxygen atoms in total. The maximum atomic E-state index is 4.69. The van der Waals surface area contributed by atoms with Gasteiger partial charge in [-0.25, -0.2) is 0 Å². The van der Waals surface area contributed by atoms with Gasteiger partial charge in [0, 0.05) is 36.9 Å². The minimum atomic E-state index is 0.571. The fourth-order valence-electron chi connectivity index (χ4n) is 2.55. The van der Waals surface area contributed by atoms with Crippen LogP contribution in [0.2, 0.25) is 0 Å². The second kappa shape index (κ2) is 4.78. The molecule has 1 aromatic rings. The third kappa shape index (κ3) is 2.24. The molecule has 0 spiro atoms. The Morgan fingerprint density at radius 3 is 2.53 bits per heavy atom. The van der Waals surface area contributed by atoms with E-state index in [1.54, 1.807) is 0 Å². The summed E-state index contributed by atoms with van der Waals surface area (Å²) in [5, 5.41) is 7.91. The van der Waals surface area contributed by atoms with Gasteiger partial charge in [0.05, 0.1) is 11.7 Å². The molecule has 1 aliphatic rings. The summed E-state index contributed by atoms with van der Waals surface area (Å²) >= 11 is 0. The monoisotopic (exact) mass is 236 g/mol. The zero-order valence-electron chi connectivity index (χ0n) is 11.6. The Hall–Kier alpha value is -0.870. The van der Waals surface area contributed by atoms with Crippen molar-refractivity contribution in [3.05, 3.63) is 17.0 Å². The van der Waals surface area contributed by atoms with Crippen molar-refractivity contribution in [2.45, 2.75) is 46.3 Å². The summed E-state index contributed by atoms with van der Waals surface area (Å²) in [6, 6.07) is 1.22. The van der Waals surface area contributed by atoms with Gasteiger partial charge >= 0.3 is 0 Å². The van der Waals surface area contributed by atoms with Gasteiger partial charge in [0.15, 0.2) is 0 Å². The summed E-state index contributed by atoms with van der Waals surface area (Å²) in [6.07, 6.45) is 0. The topological polar surface area (TPSA) is 33.1 Å². The number of aromatic nitrogens is 2. The van der Waals surface area contributed by atoms with Crippen LogP contribution in [0.25, 0.3) is 0 Å². The Morgan fingerprint density at radius 1 is 1.35 bits per heavy atom. The first-order chi connectivity index (χ1) is 8.04. The average molecular weight is 236 g/mol. The molecule has 96 valence electrons. The minimum absolute atomic E-state index is 0.571. The minimum Gasteiger partial charge on any atom is -0.316 e. The summed E-state index contributed by atoms with van der Waals surface area (Å²) in [5.41, 5.74) is 3.85. The van der Waals surface area contributed by atoms with E-state index in [0.717, 1.165) is 19.6 Å². The molecule has 0 amide bonds. The molecule has 0 bridgehead atoms.